The zero-order chi connectivity index (χ0) is 21.0. The maximum atomic E-state index is 4.73. The zero-order valence-corrected chi connectivity index (χ0v) is 18.9. The van der Waals surface area contributed by atoms with Crippen LogP contribution in [-0.2, 0) is 18.5 Å². The van der Waals surface area contributed by atoms with Crippen molar-refractivity contribution in [1.29, 1.82) is 0 Å². The minimum absolute atomic E-state index is 0.0708. The Morgan fingerprint density at radius 1 is 1.14 bits per heavy atom. The zero-order valence-electron chi connectivity index (χ0n) is 18.1. The number of para-hydroxylation sites is 1. The van der Waals surface area contributed by atoms with Gasteiger partial charge in [0.2, 0.25) is 0 Å². The molecule has 0 unspecified atom stereocenters. The van der Waals surface area contributed by atoms with Crippen LogP contribution in [-0.4, -0.2) is 27.8 Å². The summed E-state index contributed by atoms with van der Waals surface area (Å²) >= 11 is 1.68. The number of hydrogen-bond donors (Lipinski definition) is 2. The van der Waals surface area contributed by atoms with Crippen molar-refractivity contribution < 1.29 is 0 Å². The normalized spacial score (nSPS) is 12.3. The van der Waals surface area contributed by atoms with Crippen LogP contribution in [0.1, 0.15) is 48.4 Å². The van der Waals surface area contributed by atoms with Gasteiger partial charge in [-0.1, -0.05) is 39.0 Å². The molecule has 0 spiro atoms. The summed E-state index contributed by atoms with van der Waals surface area (Å²) in [6.07, 6.45) is 0. The van der Waals surface area contributed by atoms with Crippen LogP contribution < -0.4 is 10.6 Å². The molecule has 0 fully saturated rings. The average molecular weight is 411 g/mol. The molecule has 7 heteroatoms. The highest BCUT2D eigenvalue weighted by Gasteiger charge is 2.17. The molecule has 3 rings (SSSR count). The fourth-order valence-electron chi connectivity index (χ4n) is 3.04. The van der Waals surface area contributed by atoms with Gasteiger partial charge in [-0.15, -0.1) is 11.3 Å². The summed E-state index contributed by atoms with van der Waals surface area (Å²) in [5.74, 6) is 0.751. The highest BCUT2D eigenvalue weighted by Crippen LogP contribution is 2.23. The lowest BCUT2D eigenvalue weighted by Crippen LogP contribution is -2.36. The molecule has 29 heavy (non-hydrogen) atoms. The largest absolute Gasteiger partial charge is 0.352 e. The van der Waals surface area contributed by atoms with Crippen LogP contribution in [0.4, 0.5) is 0 Å². The number of hydrogen-bond acceptors (Lipinski definition) is 4. The fourth-order valence-corrected chi connectivity index (χ4v) is 4.00. The van der Waals surface area contributed by atoms with Crippen molar-refractivity contribution in [3.63, 3.8) is 0 Å². The van der Waals surface area contributed by atoms with E-state index in [2.05, 4.69) is 72.0 Å². The summed E-state index contributed by atoms with van der Waals surface area (Å²) in [5, 5.41) is 14.6. The molecular formula is C22H30N6S. The summed E-state index contributed by atoms with van der Waals surface area (Å²) in [7, 11) is 1.78. The quantitative estimate of drug-likeness (QED) is 0.491. The first-order chi connectivity index (χ1) is 13.8. The molecule has 0 amide bonds. The second kappa shape index (κ2) is 8.78. The van der Waals surface area contributed by atoms with Crippen molar-refractivity contribution in [2.45, 2.75) is 53.1 Å². The topological polar surface area (TPSA) is 67.1 Å². The Morgan fingerprint density at radius 2 is 1.86 bits per heavy atom. The number of benzene rings is 1. The second-order valence-electron chi connectivity index (χ2n) is 8.12. The molecule has 0 bridgehead atoms. The van der Waals surface area contributed by atoms with Gasteiger partial charge in [-0.25, -0.2) is 9.67 Å². The highest BCUT2D eigenvalue weighted by molar-refractivity contribution is 7.09. The predicted octanol–water partition coefficient (Wildman–Crippen LogP) is 4.11. The van der Waals surface area contributed by atoms with Gasteiger partial charge in [0.25, 0.3) is 0 Å². The SMILES string of the molecule is CN=C(NCc1nc(C(C)(C)C)cs1)NCc1ccccc1-n1nc(C)cc1C. The lowest BCUT2D eigenvalue weighted by molar-refractivity contribution is 0.570. The van der Waals surface area contributed by atoms with Crippen molar-refractivity contribution in [2.24, 2.45) is 4.99 Å². The third-order valence-electron chi connectivity index (χ3n) is 4.63. The molecular weight excluding hydrogens is 380 g/mol. The first kappa shape index (κ1) is 21.0. The van der Waals surface area contributed by atoms with E-state index in [1.807, 2.05) is 23.7 Å². The van der Waals surface area contributed by atoms with E-state index >= 15 is 0 Å². The third kappa shape index (κ3) is 5.23. The molecule has 0 radical (unpaired) electrons. The van der Waals surface area contributed by atoms with Gasteiger partial charge in [0.05, 0.1) is 23.6 Å². The lowest BCUT2D eigenvalue weighted by Gasteiger charge is -2.15. The van der Waals surface area contributed by atoms with E-state index in [0.29, 0.717) is 13.1 Å². The maximum absolute atomic E-state index is 4.73. The third-order valence-corrected chi connectivity index (χ3v) is 5.48. The van der Waals surface area contributed by atoms with Gasteiger partial charge in [0.1, 0.15) is 5.01 Å². The number of aromatic nitrogens is 3. The van der Waals surface area contributed by atoms with E-state index in [0.717, 1.165) is 39.3 Å². The molecule has 0 saturated heterocycles. The van der Waals surface area contributed by atoms with E-state index in [1.165, 1.54) is 0 Å². The Bertz CT molecular complexity index is 993. The minimum Gasteiger partial charge on any atom is -0.352 e. The van der Waals surface area contributed by atoms with Crippen LogP contribution >= 0.6 is 11.3 Å². The molecule has 154 valence electrons. The monoisotopic (exact) mass is 410 g/mol. The van der Waals surface area contributed by atoms with Gasteiger partial charge >= 0.3 is 0 Å². The molecule has 0 aliphatic carbocycles. The van der Waals surface area contributed by atoms with Gasteiger partial charge in [0.15, 0.2) is 5.96 Å². The summed E-state index contributed by atoms with van der Waals surface area (Å²) < 4.78 is 1.99. The van der Waals surface area contributed by atoms with Crippen molar-refractivity contribution >= 4 is 17.3 Å². The minimum atomic E-state index is 0.0708. The molecule has 0 aliphatic rings. The first-order valence-corrected chi connectivity index (χ1v) is 10.7. The van der Waals surface area contributed by atoms with Crippen molar-refractivity contribution in [1.82, 2.24) is 25.4 Å². The van der Waals surface area contributed by atoms with Crippen molar-refractivity contribution in [2.75, 3.05) is 7.05 Å². The molecule has 1 aromatic carbocycles. The van der Waals surface area contributed by atoms with Crippen LogP contribution in [0.2, 0.25) is 0 Å². The van der Waals surface area contributed by atoms with Crippen LogP contribution in [0.3, 0.4) is 0 Å². The Morgan fingerprint density at radius 3 is 2.48 bits per heavy atom. The second-order valence-corrected chi connectivity index (χ2v) is 9.07. The number of thiazole rings is 1. The van der Waals surface area contributed by atoms with Crippen LogP contribution in [0.25, 0.3) is 5.69 Å². The van der Waals surface area contributed by atoms with Crippen LogP contribution in [0, 0.1) is 13.8 Å². The number of guanidine groups is 1. The molecule has 2 N–H and O–H groups in total. The summed E-state index contributed by atoms with van der Waals surface area (Å²) in [4.78, 5) is 9.08. The molecule has 3 aromatic rings. The fraction of sp³-hybridized carbons (Fsp3) is 0.409. The van der Waals surface area contributed by atoms with E-state index in [4.69, 9.17) is 4.98 Å². The van der Waals surface area contributed by atoms with Gasteiger partial charge in [-0.05, 0) is 31.5 Å². The molecule has 0 aliphatic heterocycles. The van der Waals surface area contributed by atoms with Crippen molar-refractivity contribution in [3.8, 4) is 5.69 Å². The molecule has 6 nitrogen and oxygen atoms in total. The van der Waals surface area contributed by atoms with E-state index in [9.17, 15) is 0 Å². The van der Waals surface area contributed by atoms with Crippen LogP contribution in [0.5, 0.6) is 0 Å². The van der Waals surface area contributed by atoms with Gasteiger partial charge < -0.3 is 10.6 Å². The average Bonchev–Trinajstić information content (AvgIpc) is 3.28. The first-order valence-electron chi connectivity index (χ1n) is 9.79. The van der Waals surface area contributed by atoms with Crippen LogP contribution in [0.15, 0.2) is 40.7 Å². The Hall–Kier alpha value is -2.67. The molecule has 0 atom stereocenters. The number of rotatable bonds is 5. The standard InChI is InChI=1S/C22H30N6S/c1-15-11-16(2)28(27-15)18-10-8-7-9-17(18)12-24-21(23-6)25-13-20-26-19(14-29-20)22(3,4)5/h7-11,14H,12-13H2,1-6H3,(H2,23,24,25). The number of nitrogens with zero attached hydrogens (tertiary/aromatic N) is 4. The summed E-state index contributed by atoms with van der Waals surface area (Å²) in [6, 6.07) is 10.4. The van der Waals surface area contributed by atoms with Gasteiger partial charge in [-0.2, -0.15) is 5.10 Å². The highest BCUT2D eigenvalue weighted by atomic mass is 32.1. The maximum Gasteiger partial charge on any atom is 0.191 e. The Balaban J connectivity index is 1.65. The molecule has 0 saturated carbocycles. The Labute approximate surface area is 177 Å². The molecule has 2 aromatic heterocycles. The van der Waals surface area contributed by atoms with E-state index in [-0.39, 0.29) is 5.41 Å². The van der Waals surface area contributed by atoms with E-state index < -0.39 is 0 Å². The van der Waals surface area contributed by atoms with E-state index in [1.54, 1.807) is 18.4 Å². The smallest absolute Gasteiger partial charge is 0.191 e. The molecule has 2 heterocycles. The predicted molar refractivity (Wildman–Crippen MR) is 121 cm³/mol. The van der Waals surface area contributed by atoms with Crippen molar-refractivity contribution in [3.05, 3.63) is 63.4 Å². The lowest BCUT2D eigenvalue weighted by atomic mass is 9.93. The van der Waals surface area contributed by atoms with Gasteiger partial charge in [-0.3, -0.25) is 4.99 Å². The van der Waals surface area contributed by atoms with Gasteiger partial charge in [0, 0.05) is 30.1 Å². The summed E-state index contributed by atoms with van der Waals surface area (Å²) in [6.45, 7) is 11.9. The Kier molecular flexibility index (Phi) is 6.37. The number of nitrogens with one attached hydrogen (secondary N) is 2. The summed E-state index contributed by atoms with van der Waals surface area (Å²) in [5.41, 5.74) is 5.57. The number of aryl methyl sites for hydroxylation is 2. The number of aliphatic imine (C=N–C) groups is 1.